The van der Waals surface area contributed by atoms with Gasteiger partial charge in [0, 0.05) is 12.0 Å². The van der Waals surface area contributed by atoms with Crippen LogP contribution < -0.4 is 10.6 Å². The molecule has 0 saturated carbocycles. The Kier molecular flexibility index (Phi) is 5.63. The third-order valence-corrected chi connectivity index (χ3v) is 5.35. The van der Waals surface area contributed by atoms with Crippen molar-refractivity contribution in [1.29, 1.82) is 0 Å². The fourth-order valence-corrected chi connectivity index (χ4v) is 3.80. The van der Waals surface area contributed by atoms with Crippen LogP contribution in [0.15, 0.2) is 84.4 Å². The molecule has 1 atom stereocenters. The molecule has 3 aromatic carbocycles. The SMILES string of the molecule is O=C(NC(Cc1ccccc1)C(=O)Nc1cccc2scnc12)c1ccccc1. The number of anilines is 1. The predicted molar refractivity (Wildman–Crippen MR) is 116 cm³/mol. The van der Waals surface area contributed by atoms with Gasteiger partial charge in [-0.15, -0.1) is 11.3 Å². The second-order valence-corrected chi connectivity index (χ2v) is 7.46. The van der Waals surface area contributed by atoms with Gasteiger partial charge in [0.05, 0.1) is 15.9 Å². The van der Waals surface area contributed by atoms with Gasteiger partial charge in [-0.1, -0.05) is 54.6 Å². The number of amides is 2. The van der Waals surface area contributed by atoms with Crippen molar-refractivity contribution in [3.05, 3.63) is 95.5 Å². The summed E-state index contributed by atoms with van der Waals surface area (Å²) in [6.45, 7) is 0. The van der Waals surface area contributed by atoms with Gasteiger partial charge in [0.25, 0.3) is 5.91 Å². The zero-order chi connectivity index (χ0) is 20.1. The van der Waals surface area contributed by atoms with Gasteiger partial charge in [-0.2, -0.15) is 0 Å². The zero-order valence-corrected chi connectivity index (χ0v) is 16.4. The molecule has 144 valence electrons. The highest BCUT2D eigenvalue weighted by Gasteiger charge is 2.23. The van der Waals surface area contributed by atoms with Crippen LogP contribution in [-0.2, 0) is 11.2 Å². The number of nitrogens with zero attached hydrogens (tertiary/aromatic N) is 1. The van der Waals surface area contributed by atoms with E-state index in [2.05, 4.69) is 15.6 Å². The molecule has 0 aliphatic carbocycles. The molecule has 1 aromatic heterocycles. The quantitative estimate of drug-likeness (QED) is 0.507. The maximum Gasteiger partial charge on any atom is 0.251 e. The van der Waals surface area contributed by atoms with Gasteiger partial charge in [0.1, 0.15) is 11.6 Å². The van der Waals surface area contributed by atoms with Crippen LogP contribution in [0.3, 0.4) is 0 Å². The molecule has 5 nitrogen and oxygen atoms in total. The number of benzene rings is 3. The van der Waals surface area contributed by atoms with E-state index in [4.69, 9.17) is 0 Å². The molecule has 0 spiro atoms. The summed E-state index contributed by atoms with van der Waals surface area (Å²) in [7, 11) is 0. The van der Waals surface area contributed by atoms with Crippen LogP contribution in [0.2, 0.25) is 0 Å². The average molecular weight is 401 g/mol. The molecular weight excluding hydrogens is 382 g/mol. The van der Waals surface area contributed by atoms with Crippen molar-refractivity contribution in [3.8, 4) is 0 Å². The number of carbonyl (C=O) groups excluding carboxylic acids is 2. The van der Waals surface area contributed by atoms with Crippen LogP contribution in [0.25, 0.3) is 10.2 Å². The second kappa shape index (κ2) is 8.67. The lowest BCUT2D eigenvalue weighted by Gasteiger charge is -2.19. The number of para-hydroxylation sites is 1. The first-order chi connectivity index (χ1) is 14.2. The Bertz CT molecular complexity index is 1130. The van der Waals surface area contributed by atoms with E-state index in [0.717, 1.165) is 15.8 Å². The summed E-state index contributed by atoms with van der Waals surface area (Å²) in [4.78, 5) is 30.1. The molecular formula is C23H19N3O2S. The molecule has 0 aliphatic heterocycles. The van der Waals surface area contributed by atoms with E-state index in [9.17, 15) is 9.59 Å². The Hall–Kier alpha value is -3.51. The minimum atomic E-state index is -0.723. The molecule has 1 heterocycles. The zero-order valence-electron chi connectivity index (χ0n) is 15.5. The first-order valence-corrected chi connectivity index (χ1v) is 10.1. The van der Waals surface area contributed by atoms with Gasteiger partial charge >= 0.3 is 0 Å². The summed E-state index contributed by atoms with van der Waals surface area (Å²) in [5.74, 6) is -0.563. The van der Waals surface area contributed by atoms with E-state index in [1.165, 1.54) is 11.3 Å². The summed E-state index contributed by atoms with van der Waals surface area (Å²) in [6.07, 6.45) is 0.387. The third kappa shape index (κ3) is 4.50. The van der Waals surface area contributed by atoms with Crippen LogP contribution in [0.5, 0.6) is 0 Å². The third-order valence-electron chi connectivity index (χ3n) is 4.56. The van der Waals surface area contributed by atoms with Crippen molar-refractivity contribution in [1.82, 2.24) is 10.3 Å². The summed E-state index contributed by atoms with van der Waals surface area (Å²) in [5, 5.41) is 5.81. The molecule has 6 heteroatoms. The number of carbonyl (C=O) groups is 2. The molecule has 0 saturated heterocycles. The monoisotopic (exact) mass is 401 g/mol. The van der Waals surface area contributed by atoms with Crippen molar-refractivity contribution >= 4 is 39.1 Å². The van der Waals surface area contributed by atoms with E-state index in [-0.39, 0.29) is 11.8 Å². The van der Waals surface area contributed by atoms with E-state index < -0.39 is 6.04 Å². The molecule has 2 amide bonds. The lowest BCUT2D eigenvalue weighted by Crippen LogP contribution is -2.45. The number of rotatable bonds is 6. The van der Waals surface area contributed by atoms with Gasteiger partial charge in [0.15, 0.2) is 0 Å². The van der Waals surface area contributed by atoms with Crippen LogP contribution in [-0.4, -0.2) is 22.8 Å². The van der Waals surface area contributed by atoms with Crippen molar-refractivity contribution in [2.24, 2.45) is 0 Å². The standard InChI is InChI=1S/C23H19N3O2S/c27-22(17-10-5-2-6-11-17)26-19(14-16-8-3-1-4-9-16)23(28)25-18-12-7-13-20-21(18)24-15-29-20/h1-13,15,19H,14H2,(H,25,28)(H,26,27). The molecule has 4 aromatic rings. The lowest BCUT2D eigenvalue weighted by molar-refractivity contribution is -0.118. The fourth-order valence-electron chi connectivity index (χ4n) is 3.10. The molecule has 0 bridgehead atoms. The number of hydrogen-bond donors (Lipinski definition) is 2. The Labute approximate surface area is 172 Å². The van der Waals surface area contributed by atoms with E-state index in [0.29, 0.717) is 17.7 Å². The highest BCUT2D eigenvalue weighted by molar-refractivity contribution is 7.16. The fraction of sp³-hybridized carbons (Fsp3) is 0.0870. The molecule has 4 rings (SSSR count). The summed E-state index contributed by atoms with van der Waals surface area (Å²) >= 11 is 1.52. The van der Waals surface area contributed by atoms with Gasteiger partial charge in [0.2, 0.25) is 5.91 Å². The normalized spacial score (nSPS) is 11.7. The number of nitrogens with one attached hydrogen (secondary N) is 2. The van der Waals surface area contributed by atoms with Crippen molar-refractivity contribution < 1.29 is 9.59 Å². The van der Waals surface area contributed by atoms with Crippen LogP contribution in [0.4, 0.5) is 5.69 Å². The highest BCUT2D eigenvalue weighted by Crippen LogP contribution is 2.25. The van der Waals surface area contributed by atoms with E-state index >= 15 is 0 Å². The smallest absolute Gasteiger partial charge is 0.251 e. The number of aromatic nitrogens is 1. The van der Waals surface area contributed by atoms with Gasteiger partial charge in [-0.05, 0) is 29.8 Å². The number of thiazole rings is 1. The second-order valence-electron chi connectivity index (χ2n) is 6.58. The number of fused-ring (bicyclic) bond motifs is 1. The Morgan fingerprint density at radius 2 is 1.62 bits per heavy atom. The van der Waals surface area contributed by atoms with Crippen molar-refractivity contribution in [2.45, 2.75) is 12.5 Å². The van der Waals surface area contributed by atoms with Gasteiger partial charge < -0.3 is 10.6 Å². The Morgan fingerprint density at radius 1 is 0.897 bits per heavy atom. The van der Waals surface area contributed by atoms with E-state index in [1.54, 1.807) is 29.8 Å². The van der Waals surface area contributed by atoms with Crippen molar-refractivity contribution in [2.75, 3.05) is 5.32 Å². The molecule has 29 heavy (non-hydrogen) atoms. The summed E-state index contributed by atoms with van der Waals surface area (Å²) in [6, 6.07) is 23.5. The first-order valence-electron chi connectivity index (χ1n) is 9.23. The minimum Gasteiger partial charge on any atom is -0.340 e. The molecule has 0 radical (unpaired) electrons. The topological polar surface area (TPSA) is 71.1 Å². The summed E-state index contributed by atoms with van der Waals surface area (Å²) < 4.78 is 0.996. The van der Waals surface area contributed by atoms with Crippen LogP contribution in [0.1, 0.15) is 15.9 Å². The van der Waals surface area contributed by atoms with Crippen LogP contribution in [0, 0.1) is 0 Å². The number of hydrogen-bond acceptors (Lipinski definition) is 4. The Morgan fingerprint density at radius 3 is 2.38 bits per heavy atom. The first kappa shape index (κ1) is 18.8. The van der Waals surface area contributed by atoms with Gasteiger partial charge in [-0.3, -0.25) is 9.59 Å². The van der Waals surface area contributed by atoms with Gasteiger partial charge in [-0.25, -0.2) is 4.98 Å². The maximum absolute atomic E-state index is 13.1. The lowest BCUT2D eigenvalue weighted by atomic mass is 10.0. The predicted octanol–water partition coefficient (Wildman–Crippen LogP) is 4.28. The van der Waals surface area contributed by atoms with Crippen molar-refractivity contribution in [3.63, 3.8) is 0 Å². The largest absolute Gasteiger partial charge is 0.340 e. The Balaban J connectivity index is 1.57. The molecule has 1 unspecified atom stereocenters. The average Bonchev–Trinajstić information content (AvgIpc) is 3.24. The molecule has 2 N–H and O–H groups in total. The molecule has 0 aliphatic rings. The highest BCUT2D eigenvalue weighted by atomic mass is 32.1. The summed E-state index contributed by atoms with van der Waals surface area (Å²) in [5.41, 5.74) is 4.62. The van der Waals surface area contributed by atoms with Crippen LogP contribution >= 0.6 is 11.3 Å². The maximum atomic E-state index is 13.1. The minimum absolute atomic E-state index is 0.279. The van der Waals surface area contributed by atoms with E-state index in [1.807, 2.05) is 54.6 Å². The molecule has 0 fully saturated rings.